The van der Waals surface area contributed by atoms with Crippen molar-refractivity contribution in [2.75, 3.05) is 5.75 Å². The summed E-state index contributed by atoms with van der Waals surface area (Å²) >= 11 is 1.78. The molecule has 5 heteroatoms. The Morgan fingerprint density at radius 2 is 2.24 bits per heavy atom. The van der Waals surface area contributed by atoms with Crippen LogP contribution in [0.2, 0.25) is 0 Å². The topological polar surface area (TPSA) is 67.7 Å². The quantitative estimate of drug-likeness (QED) is 0.340. The van der Waals surface area contributed by atoms with Gasteiger partial charge in [-0.1, -0.05) is 32.0 Å². The van der Waals surface area contributed by atoms with Crippen LogP contribution in [0.4, 0.5) is 0 Å². The van der Waals surface area contributed by atoms with Crippen LogP contribution in [0.5, 0.6) is 0 Å². The Morgan fingerprint density at radius 3 is 2.76 bits per heavy atom. The molecule has 0 aliphatic heterocycles. The molecule has 0 spiro atoms. The minimum Gasteiger partial charge on any atom is -0.387 e. The fraction of sp³-hybridized carbons (Fsp3) is 0.667. The monoisotopic (exact) mass is 254 g/mol. The number of aryl methyl sites for hydroxylation is 1. The Kier molecular flexibility index (Phi) is 5.05. The highest BCUT2D eigenvalue weighted by Gasteiger charge is 2.20. The molecule has 17 heavy (non-hydrogen) atoms. The van der Waals surface area contributed by atoms with Crippen LogP contribution in [0.3, 0.4) is 0 Å². The largest absolute Gasteiger partial charge is 0.387 e. The van der Waals surface area contributed by atoms with Crippen molar-refractivity contribution in [3.63, 3.8) is 0 Å². The number of aromatic nitrogens is 2. The lowest BCUT2D eigenvalue weighted by molar-refractivity contribution is 0.448. The summed E-state index contributed by atoms with van der Waals surface area (Å²) in [5.41, 5.74) is 5.39. The van der Waals surface area contributed by atoms with Gasteiger partial charge in [0, 0.05) is 30.6 Å². The van der Waals surface area contributed by atoms with Gasteiger partial charge in [-0.2, -0.15) is 0 Å². The molecule has 0 fully saturated rings. The number of hydrogen-bond acceptors (Lipinski definition) is 3. The van der Waals surface area contributed by atoms with Crippen molar-refractivity contribution in [3.05, 3.63) is 12.4 Å². The van der Waals surface area contributed by atoms with E-state index in [1.54, 1.807) is 11.8 Å². The SMILES string of the molecule is Cn1ccnc1SCCCCC(C)(C)C(=N)N. The van der Waals surface area contributed by atoms with Crippen molar-refractivity contribution in [1.82, 2.24) is 9.55 Å². The Hall–Kier alpha value is -0.970. The van der Waals surface area contributed by atoms with E-state index < -0.39 is 0 Å². The van der Waals surface area contributed by atoms with Crippen molar-refractivity contribution in [2.24, 2.45) is 18.2 Å². The first-order valence-corrected chi connectivity index (χ1v) is 6.86. The fourth-order valence-corrected chi connectivity index (χ4v) is 2.39. The lowest BCUT2D eigenvalue weighted by Gasteiger charge is -2.22. The number of imidazole rings is 1. The van der Waals surface area contributed by atoms with Crippen LogP contribution >= 0.6 is 11.8 Å². The average Bonchev–Trinajstić information content (AvgIpc) is 2.63. The second kappa shape index (κ2) is 6.10. The van der Waals surface area contributed by atoms with Crippen molar-refractivity contribution < 1.29 is 0 Å². The molecule has 4 nitrogen and oxygen atoms in total. The summed E-state index contributed by atoms with van der Waals surface area (Å²) in [5.74, 6) is 1.35. The van der Waals surface area contributed by atoms with E-state index in [1.165, 1.54) is 0 Å². The molecule has 0 aromatic carbocycles. The van der Waals surface area contributed by atoms with Crippen LogP contribution in [-0.4, -0.2) is 21.1 Å². The third-order valence-electron chi connectivity index (χ3n) is 2.93. The first kappa shape index (κ1) is 14.1. The summed E-state index contributed by atoms with van der Waals surface area (Å²) in [5, 5.41) is 8.54. The Bertz CT molecular complexity index is 370. The van der Waals surface area contributed by atoms with E-state index in [0.717, 1.165) is 30.2 Å². The maximum Gasteiger partial charge on any atom is 0.167 e. The minimum absolute atomic E-state index is 0.159. The predicted molar refractivity (Wildman–Crippen MR) is 73.5 cm³/mol. The van der Waals surface area contributed by atoms with E-state index in [-0.39, 0.29) is 11.3 Å². The number of hydrogen-bond donors (Lipinski definition) is 2. The van der Waals surface area contributed by atoms with E-state index in [1.807, 2.05) is 37.9 Å². The summed E-state index contributed by atoms with van der Waals surface area (Å²) in [6.45, 7) is 4.06. The molecule has 1 rings (SSSR count). The van der Waals surface area contributed by atoms with Crippen molar-refractivity contribution in [1.29, 1.82) is 5.41 Å². The van der Waals surface area contributed by atoms with E-state index >= 15 is 0 Å². The molecule has 96 valence electrons. The molecule has 0 bridgehead atoms. The fourth-order valence-electron chi connectivity index (χ4n) is 1.46. The Balaban J connectivity index is 2.17. The van der Waals surface area contributed by atoms with E-state index in [0.29, 0.717) is 0 Å². The first-order chi connectivity index (χ1) is 7.93. The minimum atomic E-state index is -0.159. The smallest absolute Gasteiger partial charge is 0.167 e. The molecule has 1 heterocycles. The van der Waals surface area contributed by atoms with Crippen LogP contribution in [0, 0.1) is 10.8 Å². The molecular weight excluding hydrogens is 232 g/mol. The zero-order valence-corrected chi connectivity index (χ0v) is 11.7. The zero-order chi connectivity index (χ0) is 12.9. The molecule has 0 amide bonds. The summed E-state index contributed by atoms with van der Waals surface area (Å²) in [6, 6.07) is 0. The van der Waals surface area contributed by atoms with E-state index in [4.69, 9.17) is 11.1 Å². The molecule has 0 radical (unpaired) electrons. The van der Waals surface area contributed by atoms with Gasteiger partial charge in [0.25, 0.3) is 0 Å². The van der Waals surface area contributed by atoms with Gasteiger partial charge in [-0.05, 0) is 12.8 Å². The van der Waals surface area contributed by atoms with E-state index in [2.05, 4.69) is 4.98 Å². The number of rotatable bonds is 7. The van der Waals surface area contributed by atoms with Crippen LogP contribution in [0.15, 0.2) is 17.6 Å². The molecule has 3 N–H and O–H groups in total. The van der Waals surface area contributed by atoms with Gasteiger partial charge in [0.15, 0.2) is 5.16 Å². The second-order valence-corrected chi connectivity index (χ2v) is 5.99. The van der Waals surface area contributed by atoms with Gasteiger partial charge in [0.2, 0.25) is 0 Å². The van der Waals surface area contributed by atoms with Crippen LogP contribution in [-0.2, 0) is 7.05 Å². The van der Waals surface area contributed by atoms with Gasteiger partial charge in [0.1, 0.15) is 0 Å². The third-order valence-corrected chi connectivity index (χ3v) is 4.08. The highest BCUT2D eigenvalue weighted by molar-refractivity contribution is 7.99. The van der Waals surface area contributed by atoms with Crippen LogP contribution in [0.1, 0.15) is 33.1 Å². The van der Waals surface area contributed by atoms with Gasteiger partial charge < -0.3 is 10.3 Å². The molecule has 0 unspecified atom stereocenters. The van der Waals surface area contributed by atoms with Gasteiger partial charge in [-0.3, -0.25) is 5.41 Å². The van der Waals surface area contributed by atoms with E-state index in [9.17, 15) is 0 Å². The standard InChI is InChI=1S/C12H22N4S/c1-12(2,10(13)14)6-4-5-9-17-11-15-7-8-16(11)3/h7-8H,4-6,9H2,1-3H3,(H3,13,14). The van der Waals surface area contributed by atoms with Crippen molar-refractivity contribution in [3.8, 4) is 0 Å². The number of unbranched alkanes of at least 4 members (excludes halogenated alkanes) is 1. The molecule has 0 atom stereocenters. The number of nitrogens with two attached hydrogens (primary N) is 1. The summed E-state index contributed by atoms with van der Waals surface area (Å²) in [7, 11) is 2.01. The average molecular weight is 254 g/mol. The van der Waals surface area contributed by atoms with Gasteiger partial charge in [-0.15, -0.1) is 0 Å². The maximum atomic E-state index is 7.48. The first-order valence-electron chi connectivity index (χ1n) is 5.88. The van der Waals surface area contributed by atoms with Gasteiger partial charge in [-0.25, -0.2) is 4.98 Å². The maximum absolute atomic E-state index is 7.48. The van der Waals surface area contributed by atoms with Crippen LogP contribution in [0.25, 0.3) is 0 Å². The van der Waals surface area contributed by atoms with Crippen molar-refractivity contribution >= 4 is 17.6 Å². The molecule has 0 saturated carbocycles. The molecule has 0 saturated heterocycles. The lowest BCUT2D eigenvalue weighted by Crippen LogP contribution is -2.30. The Morgan fingerprint density at radius 1 is 1.53 bits per heavy atom. The molecular formula is C12H22N4S. The highest BCUT2D eigenvalue weighted by atomic mass is 32.2. The number of amidine groups is 1. The Labute approximate surface area is 108 Å². The number of nitrogens with one attached hydrogen (secondary N) is 1. The number of nitrogens with zero attached hydrogens (tertiary/aromatic N) is 2. The number of thioether (sulfide) groups is 1. The summed E-state index contributed by atoms with van der Waals surface area (Å²) < 4.78 is 2.03. The molecule has 0 aliphatic carbocycles. The summed E-state index contributed by atoms with van der Waals surface area (Å²) in [6.07, 6.45) is 6.99. The normalized spacial score (nSPS) is 11.7. The predicted octanol–water partition coefficient (Wildman–Crippen LogP) is 2.64. The zero-order valence-electron chi connectivity index (χ0n) is 10.9. The molecule has 1 aromatic rings. The molecule has 0 aliphatic rings. The highest BCUT2D eigenvalue weighted by Crippen LogP contribution is 2.24. The lowest BCUT2D eigenvalue weighted by atomic mass is 9.86. The van der Waals surface area contributed by atoms with Gasteiger partial charge >= 0.3 is 0 Å². The van der Waals surface area contributed by atoms with Gasteiger partial charge in [0.05, 0.1) is 5.84 Å². The van der Waals surface area contributed by atoms with Crippen molar-refractivity contribution in [2.45, 2.75) is 38.3 Å². The molecule has 1 aromatic heterocycles. The third kappa shape index (κ3) is 4.42. The summed E-state index contributed by atoms with van der Waals surface area (Å²) in [4.78, 5) is 4.26. The second-order valence-electron chi connectivity index (χ2n) is 4.92. The van der Waals surface area contributed by atoms with Crippen LogP contribution < -0.4 is 5.73 Å².